The Labute approximate surface area is 135 Å². The van der Waals surface area contributed by atoms with Gasteiger partial charge in [-0.25, -0.2) is 0 Å². The Bertz CT molecular complexity index is 981. The highest BCUT2D eigenvalue weighted by molar-refractivity contribution is 6.17. The maximum atomic E-state index is 8.76. The molecule has 2 nitrogen and oxygen atoms in total. The fourth-order valence-electron chi connectivity index (χ4n) is 2.99. The largest absolute Gasteiger partial charge is 0.569 e. The van der Waals surface area contributed by atoms with Gasteiger partial charge in [0.1, 0.15) is 5.75 Å². The smallest absolute Gasteiger partial charge is 0.537 e. The third kappa shape index (κ3) is 2.56. The van der Waals surface area contributed by atoms with Gasteiger partial charge < -0.3 is 9.68 Å². The predicted molar refractivity (Wildman–Crippen MR) is 95.5 cm³/mol. The summed E-state index contributed by atoms with van der Waals surface area (Å²) >= 11 is 0. The first-order valence-corrected chi connectivity index (χ1v) is 7.50. The highest BCUT2D eigenvalue weighted by Crippen LogP contribution is 2.31. The minimum atomic E-state index is 0.625. The van der Waals surface area contributed by atoms with Crippen molar-refractivity contribution in [3.05, 3.63) is 78.9 Å². The van der Waals surface area contributed by atoms with Gasteiger partial charge in [-0.05, 0) is 50.9 Å². The molecule has 1 N–H and O–H groups in total. The molecule has 0 spiro atoms. The average Bonchev–Trinajstić information content (AvgIpc) is 2.62. The van der Waals surface area contributed by atoms with Gasteiger partial charge in [0.05, 0.1) is 0 Å². The summed E-state index contributed by atoms with van der Waals surface area (Å²) in [5, 5.41) is 13.4. The zero-order valence-electron chi connectivity index (χ0n) is 12.4. The standard InChI is InChI=1S/C20H14BO2/c22-21-23-18-9-11-20-17(13-18)7-6-16-12-15(8-10-19(16)20)14-4-2-1-3-5-14/h1-13,22H. The van der Waals surface area contributed by atoms with Crippen molar-refractivity contribution in [2.45, 2.75) is 0 Å². The van der Waals surface area contributed by atoms with Gasteiger partial charge in [0.2, 0.25) is 0 Å². The molecule has 23 heavy (non-hydrogen) atoms. The highest BCUT2D eigenvalue weighted by atomic mass is 16.5. The van der Waals surface area contributed by atoms with Crippen molar-refractivity contribution in [2.24, 2.45) is 0 Å². The van der Waals surface area contributed by atoms with Crippen LogP contribution in [-0.4, -0.2) is 12.7 Å². The molecule has 0 fully saturated rings. The molecule has 4 aromatic carbocycles. The number of fused-ring (bicyclic) bond motifs is 3. The van der Waals surface area contributed by atoms with Crippen LogP contribution in [0.3, 0.4) is 0 Å². The van der Waals surface area contributed by atoms with E-state index >= 15 is 0 Å². The molecule has 109 valence electrons. The number of hydrogen-bond acceptors (Lipinski definition) is 2. The molecule has 0 aliphatic rings. The van der Waals surface area contributed by atoms with Crippen LogP contribution >= 0.6 is 0 Å². The second-order valence-corrected chi connectivity index (χ2v) is 5.47. The Balaban J connectivity index is 1.87. The van der Waals surface area contributed by atoms with Crippen molar-refractivity contribution in [3.63, 3.8) is 0 Å². The summed E-state index contributed by atoms with van der Waals surface area (Å²) in [7, 11) is 0.703. The van der Waals surface area contributed by atoms with Crippen molar-refractivity contribution in [1.82, 2.24) is 0 Å². The van der Waals surface area contributed by atoms with Crippen LogP contribution in [0.4, 0.5) is 0 Å². The molecule has 0 unspecified atom stereocenters. The predicted octanol–water partition coefficient (Wildman–Crippen LogP) is 4.57. The van der Waals surface area contributed by atoms with Crippen LogP contribution in [-0.2, 0) is 0 Å². The average molecular weight is 297 g/mol. The maximum Gasteiger partial charge on any atom is 0.569 e. The number of rotatable bonds is 3. The molecule has 0 amide bonds. The molecule has 3 heteroatoms. The molecule has 0 saturated carbocycles. The molecule has 0 aliphatic heterocycles. The Morgan fingerprint density at radius 3 is 2.09 bits per heavy atom. The summed E-state index contributed by atoms with van der Waals surface area (Å²) in [5.41, 5.74) is 2.43. The Morgan fingerprint density at radius 1 is 0.652 bits per heavy atom. The molecule has 1 radical (unpaired) electrons. The van der Waals surface area contributed by atoms with Gasteiger partial charge in [0.15, 0.2) is 0 Å². The lowest BCUT2D eigenvalue weighted by Crippen LogP contribution is -1.99. The van der Waals surface area contributed by atoms with Crippen molar-refractivity contribution < 1.29 is 9.68 Å². The summed E-state index contributed by atoms with van der Waals surface area (Å²) < 4.78 is 5.03. The Morgan fingerprint density at radius 2 is 1.35 bits per heavy atom. The van der Waals surface area contributed by atoms with E-state index in [0.717, 1.165) is 5.39 Å². The normalized spacial score (nSPS) is 10.8. The van der Waals surface area contributed by atoms with Gasteiger partial charge in [-0.2, -0.15) is 0 Å². The molecule has 0 aliphatic carbocycles. The highest BCUT2D eigenvalue weighted by Gasteiger charge is 2.05. The first-order chi connectivity index (χ1) is 11.3. The minimum absolute atomic E-state index is 0.625. The second kappa shape index (κ2) is 5.78. The molecule has 0 saturated heterocycles. The molecule has 0 heterocycles. The summed E-state index contributed by atoms with van der Waals surface area (Å²) in [6, 6.07) is 26.9. The molecule has 4 aromatic rings. The van der Waals surface area contributed by atoms with Crippen LogP contribution in [0, 0.1) is 0 Å². The zero-order chi connectivity index (χ0) is 15.6. The number of hydrogen-bond donors (Lipinski definition) is 1. The molecule has 4 rings (SSSR count). The molecule has 0 aromatic heterocycles. The quantitative estimate of drug-likeness (QED) is 0.443. The first kappa shape index (κ1) is 13.9. The van der Waals surface area contributed by atoms with Crippen LogP contribution in [0.5, 0.6) is 5.75 Å². The van der Waals surface area contributed by atoms with Crippen LogP contribution in [0.15, 0.2) is 78.9 Å². The molecular formula is C20H14BO2. The lowest BCUT2D eigenvalue weighted by molar-refractivity contribution is 0.454. The summed E-state index contributed by atoms with van der Waals surface area (Å²) in [5.74, 6) is 0.625. The fourth-order valence-corrected chi connectivity index (χ4v) is 2.99. The monoisotopic (exact) mass is 297 g/mol. The lowest BCUT2D eigenvalue weighted by Gasteiger charge is -2.09. The maximum absolute atomic E-state index is 8.76. The summed E-state index contributed by atoms with van der Waals surface area (Å²) in [4.78, 5) is 0. The van der Waals surface area contributed by atoms with E-state index in [2.05, 4.69) is 54.6 Å². The van der Waals surface area contributed by atoms with Gasteiger partial charge in [-0.1, -0.05) is 60.7 Å². The van der Waals surface area contributed by atoms with Crippen LogP contribution in [0.2, 0.25) is 0 Å². The van der Waals surface area contributed by atoms with E-state index in [9.17, 15) is 0 Å². The van der Waals surface area contributed by atoms with Crippen molar-refractivity contribution in [1.29, 1.82) is 0 Å². The van der Waals surface area contributed by atoms with E-state index in [0.29, 0.717) is 13.4 Å². The summed E-state index contributed by atoms with van der Waals surface area (Å²) in [6.07, 6.45) is 0. The fraction of sp³-hybridized carbons (Fsp3) is 0. The second-order valence-electron chi connectivity index (χ2n) is 5.47. The van der Waals surface area contributed by atoms with Gasteiger partial charge in [-0.15, -0.1) is 0 Å². The lowest BCUT2D eigenvalue weighted by atomic mass is 9.97. The molecular weight excluding hydrogens is 283 g/mol. The Hall–Kier alpha value is -2.78. The van der Waals surface area contributed by atoms with E-state index < -0.39 is 0 Å². The molecule has 0 bridgehead atoms. The van der Waals surface area contributed by atoms with Crippen molar-refractivity contribution >= 4 is 29.2 Å². The Kier molecular flexibility index (Phi) is 3.49. The van der Waals surface area contributed by atoms with E-state index in [1.807, 2.05) is 24.3 Å². The van der Waals surface area contributed by atoms with Crippen molar-refractivity contribution in [2.75, 3.05) is 0 Å². The van der Waals surface area contributed by atoms with Gasteiger partial charge >= 0.3 is 7.69 Å². The SMILES string of the molecule is O[B]Oc1ccc2c(ccc3cc(-c4ccccc4)ccc32)c1. The minimum Gasteiger partial charge on any atom is -0.537 e. The van der Waals surface area contributed by atoms with E-state index in [1.165, 1.54) is 27.3 Å². The van der Waals surface area contributed by atoms with Gasteiger partial charge in [0.25, 0.3) is 0 Å². The van der Waals surface area contributed by atoms with E-state index in [-0.39, 0.29) is 0 Å². The number of benzene rings is 4. The first-order valence-electron chi connectivity index (χ1n) is 7.50. The zero-order valence-corrected chi connectivity index (χ0v) is 12.4. The third-order valence-corrected chi connectivity index (χ3v) is 4.10. The summed E-state index contributed by atoms with van der Waals surface area (Å²) in [6.45, 7) is 0. The van der Waals surface area contributed by atoms with E-state index in [1.54, 1.807) is 0 Å². The topological polar surface area (TPSA) is 29.5 Å². The van der Waals surface area contributed by atoms with Crippen LogP contribution in [0.25, 0.3) is 32.7 Å². The third-order valence-electron chi connectivity index (χ3n) is 4.10. The van der Waals surface area contributed by atoms with Crippen LogP contribution < -0.4 is 4.65 Å². The van der Waals surface area contributed by atoms with Crippen molar-refractivity contribution in [3.8, 4) is 16.9 Å². The van der Waals surface area contributed by atoms with E-state index in [4.69, 9.17) is 9.68 Å². The van der Waals surface area contributed by atoms with Gasteiger partial charge in [0, 0.05) is 0 Å². The molecule has 0 atom stereocenters. The van der Waals surface area contributed by atoms with Gasteiger partial charge in [-0.3, -0.25) is 0 Å². The van der Waals surface area contributed by atoms with Crippen LogP contribution in [0.1, 0.15) is 0 Å².